The van der Waals surface area contributed by atoms with E-state index >= 15 is 0 Å². The van der Waals surface area contributed by atoms with E-state index in [1.165, 1.54) is 0 Å². The Morgan fingerprint density at radius 3 is 2.75 bits per heavy atom. The largest absolute Gasteiger partial charge is 0.377 e. The van der Waals surface area contributed by atoms with Crippen LogP contribution in [0, 0.1) is 0 Å². The summed E-state index contributed by atoms with van der Waals surface area (Å²) in [6.45, 7) is 2.42. The Balaban J connectivity index is 1.50. The van der Waals surface area contributed by atoms with E-state index < -0.39 is 10.0 Å². The number of rotatable bonds is 8. The molecule has 2 N–H and O–H groups in total. The van der Waals surface area contributed by atoms with E-state index in [0.717, 1.165) is 30.7 Å². The minimum Gasteiger partial charge on any atom is -0.377 e. The number of nitrogens with one attached hydrogen (secondary N) is 2. The van der Waals surface area contributed by atoms with Crippen molar-refractivity contribution in [2.45, 2.75) is 36.9 Å². The molecule has 0 aliphatic carbocycles. The van der Waals surface area contributed by atoms with Crippen molar-refractivity contribution in [3.8, 4) is 0 Å². The van der Waals surface area contributed by atoms with E-state index in [9.17, 15) is 8.42 Å². The van der Waals surface area contributed by atoms with Crippen LogP contribution in [0.1, 0.15) is 24.1 Å². The molecule has 2 heterocycles. The van der Waals surface area contributed by atoms with Gasteiger partial charge in [-0.15, -0.1) is 11.3 Å². The van der Waals surface area contributed by atoms with Crippen molar-refractivity contribution in [1.29, 1.82) is 0 Å². The Morgan fingerprint density at radius 2 is 2.08 bits per heavy atom. The first kappa shape index (κ1) is 17.5. The molecule has 130 valence electrons. The maximum Gasteiger partial charge on any atom is 0.240 e. The van der Waals surface area contributed by atoms with Crippen LogP contribution in [0.3, 0.4) is 0 Å². The molecule has 6 nitrogen and oxygen atoms in total. The van der Waals surface area contributed by atoms with E-state index in [0.29, 0.717) is 19.6 Å². The molecule has 1 aliphatic rings. The molecule has 8 heteroatoms. The van der Waals surface area contributed by atoms with E-state index in [4.69, 9.17) is 4.74 Å². The lowest BCUT2D eigenvalue weighted by Crippen LogP contribution is -2.31. The highest BCUT2D eigenvalue weighted by Gasteiger charge is 2.20. The van der Waals surface area contributed by atoms with Gasteiger partial charge in [0.15, 0.2) is 0 Å². The summed E-state index contributed by atoms with van der Waals surface area (Å²) >= 11 is 1.57. The highest BCUT2D eigenvalue weighted by atomic mass is 32.2. The average Bonchev–Trinajstić information content (AvgIpc) is 3.27. The molecule has 0 spiro atoms. The third kappa shape index (κ3) is 4.84. The SMILES string of the molecule is O=S(=O)(NCC1CCCO1)c1ccc(CNCc2cscn2)cc1. The van der Waals surface area contributed by atoms with Crippen LogP contribution in [0.25, 0.3) is 0 Å². The van der Waals surface area contributed by atoms with Crippen LogP contribution in [0.15, 0.2) is 40.1 Å². The van der Waals surface area contributed by atoms with Crippen molar-refractivity contribution in [1.82, 2.24) is 15.0 Å². The standard InChI is InChI=1S/C16H21N3O3S2/c20-24(21,19-10-15-2-1-7-22-15)16-5-3-13(4-6-16)8-17-9-14-11-23-12-18-14/h3-6,11-12,15,17,19H,1-2,7-10H2. The zero-order chi connectivity index (χ0) is 16.8. The van der Waals surface area contributed by atoms with Gasteiger partial charge in [-0.2, -0.15) is 0 Å². The third-order valence-corrected chi connectivity index (χ3v) is 5.95. The Kier molecular flexibility index (Phi) is 5.96. The monoisotopic (exact) mass is 367 g/mol. The van der Waals surface area contributed by atoms with E-state index in [-0.39, 0.29) is 11.0 Å². The summed E-state index contributed by atoms with van der Waals surface area (Å²) in [5, 5.41) is 5.29. The number of hydrogen-bond acceptors (Lipinski definition) is 6. The second kappa shape index (κ2) is 8.17. The Morgan fingerprint density at radius 1 is 1.25 bits per heavy atom. The average molecular weight is 367 g/mol. The maximum atomic E-state index is 12.3. The topological polar surface area (TPSA) is 80.3 Å². The molecule has 1 aliphatic heterocycles. The second-order valence-electron chi connectivity index (χ2n) is 5.71. The van der Waals surface area contributed by atoms with Gasteiger partial charge in [0.2, 0.25) is 10.0 Å². The normalized spacial score (nSPS) is 18.1. The number of nitrogens with zero attached hydrogens (tertiary/aromatic N) is 1. The molecular formula is C16H21N3O3S2. The molecule has 3 rings (SSSR count). The van der Waals surface area contributed by atoms with Gasteiger partial charge in [-0.25, -0.2) is 18.1 Å². The fraction of sp³-hybridized carbons (Fsp3) is 0.438. The molecule has 1 fully saturated rings. The van der Waals surface area contributed by atoms with Gasteiger partial charge in [-0.05, 0) is 30.5 Å². The number of thiazole rings is 1. The summed E-state index contributed by atoms with van der Waals surface area (Å²) in [6.07, 6.45) is 1.90. The summed E-state index contributed by atoms with van der Waals surface area (Å²) in [4.78, 5) is 4.49. The zero-order valence-corrected chi connectivity index (χ0v) is 14.9. The number of aromatic nitrogens is 1. The molecule has 0 amide bonds. The van der Waals surface area contributed by atoms with Gasteiger partial charge >= 0.3 is 0 Å². The van der Waals surface area contributed by atoms with Crippen molar-refractivity contribution < 1.29 is 13.2 Å². The molecule has 1 saturated heterocycles. The molecule has 2 aromatic rings. The molecule has 1 aromatic heterocycles. The van der Waals surface area contributed by atoms with Crippen LogP contribution in [0.2, 0.25) is 0 Å². The first-order valence-corrected chi connectivity index (χ1v) is 10.3. The quantitative estimate of drug-likeness (QED) is 0.745. The first-order valence-electron chi connectivity index (χ1n) is 7.91. The maximum absolute atomic E-state index is 12.3. The lowest BCUT2D eigenvalue weighted by molar-refractivity contribution is 0.114. The number of ether oxygens (including phenoxy) is 1. The van der Waals surface area contributed by atoms with Crippen molar-refractivity contribution in [3.05, 3.63) is 46.4 Å². The minimum absolute atomic E-state index is 0.00559. The molecule has 1 unspecified atom stereocenters. The summed E-state index contributed by atoms with van der Waals surface area (Å²) in [5.74, 6) is 0. The number of hydrogen-bond donors (Lipinski definition) is 2. The summed E-state index contributed by atoms with van der Waals surface area (Å²) < 4.78 is 32.6. The predicted octanol–water partition coefficient (Wildman–Crippen LogP) is 1.89. The smallest absolute Gasteiger partial charge is 0.240 e. The Bertz CT molecular complexity index is 724. The fourth-order valence-electron chi connectivity index (χ4n) is 2.54. The molecular weight excluding hydrogens is 346 g/mol. The van der Waals surface area contributed by atoms with Gasteiger partial charge in [0, 0.05) is 31.6 Å². The third-order valence-electron chi connectivity index (χ3n) is 3.88. The van der Waals surface area contributed by atoms with E-state index in [2.05, 4.69) is 15.0 Å². The van der Waals surface area contributed by atoms with Crippen LogP contribution in [-0.2, 0) is 27.8 Å². The van der Waals surface area contributed by atoms with Gasteiger partial charge in [0.25, 0.3) is 0 Å². The highest BCUT2D eigenvalue weighted by Crippen LogP contribution is 2.14. The van der Waals surface area contributed by atoms with Gasteiger partial charge in [-0.3, -0.25) is 0 Å². The van der Waals surface area contributed by atoms with Crippen molar-refractivity contribution >= 4 is 21.4 Å². The van der Waals surface area contributed by atoms with Crippen LogP contribution in [0.5, 0.6) is 0 Å². The Labute approximate surface area is 146 Å². The lowest BCUT2D eigenvalue weighted by atomic mass is 10.2. The molecule has 1 aromatic carbocycles. The van der Waals surface area contributed by atoms with Crippen molar-refractivity contribution in [2.75, 3.05) is 13.2 Å². The van der Waals surface area contributed by atoms with Crippen molar-refractivity contribution in [2.24, 2.45) is 0 Å². The molecule has 0 radical (unpaired) electrons. The predicted molar refractivity (Wildman–Crippen MR) is 93.3 cm³/mol. The Hall–Kier alpha value is -1.32. The van der Waals surface area contributed by atoms with Gasteiger partial charge in [0.05, 0.1) is 22.2 Å². The lowest BCUT2D eigenvalue weighted by Gasteiger charge is -2.12. The fourth-order valence-corrected chi connectivity index (χ4v) is 4.16. The summed E-state index contributed by atoms with van der Waals surface area (Å²) in [5.41, 5.74) is 3.85. The van der Waals surface area contributed by atoms with Gasteiger partial charge in [-0.1, -0.05) is 12.1 Å². The molecule has 24 heavy (non-hydrogen) atoms. The summed E-state index contributed by atoms with van der Waals surface area (Å²) in [7, 11) is -3.48. The molecule has 0 saturated carbocycles. The first-order chi connectivity index (χ1) is 11.6. The summed E-state index contributed by atoms with van der Waals surface area (Å²) in [6, 6.07) is 6.93. The molecule has 0 bridgehead atoms. The number of benzene rings is 1. The molecule has 1 atom stereocenters. The minimum atomic E-state index is -3.48. The zero-order valence-electron chi connectivity index (χ0n) is 13.3. The van der Waals surface area contributed by atoms with Crippen LogP contribution >= 0.6 is 11.3 Å². The van der Waals surface area contributed by atoms with Crippen LogP contribution < -0.4 is 10.0 Å². The van der Waals surface area contributed by atoms with Gasteiger partial charge in [0.1, 0.15) is 0 Å². The second-order valence-corrected chi connectivity index (χ2v) is 8.20. The van der Waals surface area contributed by atoms with Crippen LogP contribution in [-0.4, -0.2) is 32.7 Å². The number of sulfonamides is 1. The van der Waals surface area contributed by atoms with Crippen LogP contribution in [0.4, 0.5) is 0 Å². The van der Waals surface area contributed by atoms with Gasteiger partial charge < -0.3 is 10.1 Å². The van der Waals surface area contributed by atoms with Crippen molar-refractivity contribution in [3.63, 3.8) is 0 Å². The highest BCUT2D eigenvalue weighted by molar-refractivity contribution is 7.89. The van der Waals surface area contributed by atoms with E-state index in [1.807, 2.05) is 17.5 Å². The van der Waals surface area contributed by atoms with E-state index in [1.54, 1.807) is 29.0 Å².